The van der Waals surface area contributed by atoms with E-state index < -0.39 is 11.9 Å². The number of halogens is 2. The van der Waals surface area contributed by atoms with Gasteiger partial charge >= 0.3 is 0 Å². The van der Waals surface area contributed by atoms with Crippen LogP contribution in [-0.2, 0) is 0 Å². The standard InChI is InChI=1S/C14H16F2O2/c1-3-4-5-12(14(15)16)13(17)10-6-8-11(18-2)9-7-10/h6-9H,3-5H2,1-2H3. The minimum Gasteiger partial charge on any atom is -0.497 e. The molecule has 1 aromatic rings. The first-order chi connectivity index (χ1) is 8.60. The SMILES string of the molecule is CCCCC(C(=O)c1ccc(OC)cc1)=C(F)F. The van der Waals surface area contributed by atoms with Crippen molar-refractivity contribution in [3.8, 4) is 5.75 Å². The molecule has 0 aliphatic rings. The summed E-state index contributed by atoms with van der Waals surface area (Å²) in [6, 6.07) is 6.16. The van der Waals surface area contributed by atoms with Crippen LogP contribution < -0.4 is 4.74 Å². The molecule has 98 valence electrons. The number of benzene rings is 1. The van der Waals surface area contributed by atoms with E-state index in [2.05, 4.69) is 0 Å². The number of ketones is 1. The van der Waals surface area contributed by atoms with Gasteiger partial charge in [-0.1, -0.05) is 13.3 Å². The molecule has 0 bridgehead atoms. The van der Waals surface area contributed by atoms with Crippen molar-refractivity contribution in [3.05, 3.63) is 41.5 Å². The van der Waals surface area contributed by atoms with E-state index >= 15 is 0 Å². The van der Waals surface area contributed by atoms with E-state index in [0.717, 1.165) is 6.42 Å². The molecule has 0 spiro atoms. The van der Waals surface area contributed by atoms with Crippen LogP contribution in [0.2, 0.25) is 0 Å². The third kappa shape index (κ3) is 3.65. The number of carbonyl (C=O) groups excluding carboxylic acids is 1. The van der Waals surface area contributed by atoms with Crippen molar-refractivity contribution < 1.29 is 18.3 Å². The maximum atomic E-state index is 12.7. The molecular formula is C14H16F2O2. The maximum Gasteiger partial charge on any atom is 0.277 e. The Kier molecular flexibility index (Phi) is 5.49. The van der Waals surface area contributed by atoms with Crippen LogP contribution in [0.1, 0.15) is 36.5 Å². The van der Waals surface area contributed by atoms with E-state index in [1.54, 1.807) is 12.1 Å². The number of rotatable bonds is 6. The zero-order chi connectivity index (χ0) is 13.5. The van der Waals surface area contributed by atoms with Crippen molar-refractivity contribution in [1.82, 2.24) is 0 Å². The zero-order valence-electron chi connectivity index (χ0n) is 10.5. The third-order valence-corrected chi connectivity index (χ3v) is 2.63. The van der Waals surface area contributed by atoms with Gasteiger partial charge in [-0.15, -0.1) is 0 Å². The van der Waals surface area contributed by atoms with Crippen LogP contribution in [-0.4, -0.2) is 12.9 Å². The van der Waals surface area contributed by atoms with E-state index in [1.165, 1.54) is 19.2 Å². The molecule has 0 aliphatic carbocycles. The Morgan fingerprint density at radius 2 is 1.83 bits per heavy atom. The summed E-state index contributed by atoms with van der Waals surface area (Å²) in [6.07, 6.45) is -0.422. The summed E-state index contributed by atoms with van der Waals surface area (Å²) in [5.74, 6) is -0.0162. The highest BCUT2D eigenvalue weighted by molar-refractivity contribution is 6.08. The molecule has 18 heavy (non-hydrogen) atoms. The Labute approximate surface area is 105 Å². The first kappa shape index (κ1) is 14.4. The van der Waals surface area contributed by atoms with Gasteiger partial charge in [-0.25, -0.2) is 0 Å². The van der Waals surface area contributed by atoms with E-state index in [4.69, 9.17) is 4.74 Å². The Morgan fingerprint density at radius 3 is 2.28 bits per heavy atom. The average Bonchev–Trinajstić information content (AvgIpc) is 2.38. The average molecular weight is 254 g/mol. The van der Waals surface area contributed by atoms with Gasteiger partial charge in [0.1, 0.15) is 5.75 Å². The zero-order valence-corrected chi connectivity index (χ0v) is 10.5. The van der Waals surface area contributed by atoms with Crippen molar-refractivity contribution in [2.24, 2.45) is 0 Å². The Balaban J connectivity index is 2.92. The molecule has 1 aromatic carbocycles. The first-order valence-corrected chi connectivity index (χ1v) is 5.83. The van der Waals surface area contributed by atoms with Crippen LogP contribution in [0.15, 0.2) is 35.9 Å². The van der Waals surface area contributed by atoms with Crippen LogP contribution in [0.3, 0.4) is 0 Å². The second-order valence-corrected chi connectivity index (χ2v) is 3.90. The van der Waals surface area contributed by atoms with Crippen molar-refractivity contribution in [3.63, 3.8) is 0 Å². The molecule has 4 heteroatoms. The smallest absolute Gasteiger partial charge is 0.277 e. The number of unbranched alkanes of at least 4 members (excludes halogenated alkanes) is 1. The fourth-order valence-electron chi connectivity index (χ4n) is 1.56. The van der Waals surface area contributed by atoms with Crippen LogP contribution in [0.25, 0.3) is 0 Å². The Morgan fingerprint density at radius 1 is 1.22 bits per heavy atom. The summed E-state index contributed by atoms with van der Waals surface area (Å²) in [6.45, 7) is 1.89. The van der Waals surface area contributed by atoms with Gasteiger partial charge < -0.3 is 4.74 Å². The summed E-state index contributed by atoms with van der Waals surface area (Å²) >= 11 is 0. The predicted molar refractivity (Wildman–Crippen MR) is 66.1 cm³/mol. The van der Waals surface area contributed by atoms with Gasteiger partial charge in [0.25, 0.3) is 6.08 Å². The highest BCUT2D eigenvalue weighted by Gasteiger charge is 2.17. The number of hydrogen-bond acceptors (Lipinski definition) is 2. The lowest BCUT2D eigenvalue weighted by Crippen LogP contribution is -2.05. The molecule has 0 radical (unpaired) electrons. The van der Waals surface area contributed by atoms with Gasteiger partial charge in [0.15, 0.2) is 5.78 Å². The van der Waals surface area contributed by atoms with Crippen LogP contribution in [0, 0.1) is 0 Å². The third-order valence-electron chi connectivity index (χ3n) is 2.63. The molecule has 2 nitrogen and oxygen atoms in total. The number of hydrogen-bond donors (Lipinski definition) is 0. The lowest BCUT2D eigenvalue weighted by Gasteiger charge is -2.06. The minimum atomic E-state index is -1.88. The summed E-state index contributed by atoms with van der Waals surface area (Å²) < 4.78 is 30.4. The normalized spacial score (nSPS) is 10.0. The van der Waals surface area contributed by atoms with Gasteiger partial charge in [-0.2, -0.15) is 8.78 Å². The molecule has 0 fully saturated rings. The van der Waals surface area contributed by atoms with Crippen molar-refractivity contribution in [2.45, 2.75) is 26.2 Å². The van der Waals surface area contributed by atoms with E-state index in [9.17, 15) is 13.6 Å². The van der Waals surface area contributed by atoms with Gasteiger partial charge in [0.2, 0.25) is 0 Å². The Bertz CT molecular complexity index is 432. The summed E-state index contributed by atoms with van der Waals surface area (Å²) in [7, 11) is 1.50. The molecule has 0 unspecified atom stereocenters. The largest absolute Gasteiger partial charge is 0.497 e. The predicted octanol–water partition coefficient (Wildman–Crippen LogP) is 4.22. The summed E-state index contributed by atoms with van der Waals surface area (Å²) in [5.41, 5.74) is -0.128. The Hall–Kier alpha value is -1.71. The lowest BCUT2D eigenvalue weighted by molar-refractivity contribution is 0.102. The molecule has 0 atom stereocenters. The van der Waals surface area contributed by atoms with Gasteiger partial charge in [0.05, 0.1) is 12.7 Å². The molecule has 0 N–H and O–H groups in total. The molecular weight excluding hydrogens is 238 g/mol. The van der Waals surface area contributed by atoms with Crippen molar-refractivity contribution >= 4 is 5.78 Å². The number of carbonyl (C=O) groups is 1. The molecule has 1 rings (SSSR count). The maximum absolute atomic E-state index is 12.7. The number of methoxy groups -OCH3 is 1. The molecule has 0 heterocycles. The number of ether oxygens (including phenoxy) is 1. The fourth-order valence-corrected chi connectivity index (χ4v) is 1.56. The molecule has 0 aromatic heterocycles. The second kappa shape index (κ2) is 6.89. The van der Waals surface area contributed by atoms with Crippen molar-refractivity contribution in [1.29, 1.82) is 0 Å². The topological polar surface area (TPSA) is 26.3 Å². The summed E-state index contributed by atoms with van der Waals surface area (Å²) in [5, 5.41) is 0. The van der Waals surface area contributed by atoms with Gasteiger partial charge in [-0.3, -0.25) is 4.79 Å². The molecule has 0 saturated heterocycles. The quantitative estimate of drug-likeness (QED) is 0.561. The molecule has 0 aliphatic heterocycles. The van der Waals surface area contributed by atoms with Gasteiger partial charge in [0, 0.05) is 5.56 Å². The minimum absolute atomic E-state index is 0.115. The van der Waals surface area contributed by atoms with Crippen LogP contribution >= 0.6 is 0 Å². The van der Waals surface area contributed by atoms with Crippen molar-refractivity contribution in [2.75, 3.05) is 7.11 Å². The number of Topliss-reactive ketones (excluding diaryl/α,β-unsaturated/α-hetero) is 1. The fraction of sp³-hybridized carbons (Fsp3) is 0.357. The second-order valence-electron chi connectivity index (χ2n) is 3.90. The van der Waals surface area contributed by atoms with Gasteiger partial charge in [-0.05, 0) is 37.1 Å². The number of allylic oxidation sites excluding steroid dienone is 1. The lowest BCUT2D eigenvalue weighted by atomic mass is 10.00. The van der Waals surface area contributed by atoms with Crippen LogP contribution in [0.4, 0.5) is 8.78 Å². The first-order valence-electron chi connectivity index (χ1n) is 5.83. The molecule has 0 saturated carbocycles. The van der Waals surface area contributed by atoms with E-state index in [1.807, 2.05) is 6.92 Å². The monoisotopic (exact) mass is 254 g/mol. The van der Waals surface area contributed by atoms with E-state index in [-0.39, 0.29) is 17.6 Å². The van der Waals surface area contributed by atoms with E-state index in [0.29, 0.717) is 12.2 Å². The summed E-state index contributed by atoms with van der Waals surface area (Å²) in [4.78, 5) is 11.9. The highest BCUT2D eigenvalue weighted by Crippen LogP contribution is 2.21. The molecule has 0 amide bonds. The van der Waals surface area contributed by atoms with Crippen LogP contribution in [0.5, 0.6) is 5.75 Å². The highest BCUT2D eigenvalue weighted by atomic mass is 19.3.